The summed E-state index contributed by atoms with van der Waals surface area (Å²) in [6.45, 7) is 0. The lowest BCUT2D eigenvalue weighted by Crippen LogP contribution is -2.14. The molecular formula is C28H10F12N4O2. The number of nitro groups is 1. The lowest BCUT2D eigenvalue weighted by Gasteiger charge is -2.16. The van der Waals surface area contributed by atoms with E-state index in [1.807, 2.05) is 0 Å². The van der Waals surface area contributed by atoms with Crippen LogP contribution < -0.4 is 0 Å². The molecule has 0 aliphatic heterocycles. The first-order valence-corrected chi connectivity index (χ1v) is 12.5. The van der Waals surface area contributed by atoms with E-state index in [1.54, 1.807) is 0 Å². The van der Waals surface area contributed by atoms with Gasteiger partial charge in [-0.25, -0.2) is 9.97 Å². The lowest BCUT2D eigenvalue weighted by molar-refractivity contribution is -0.384. The highest BCUT2D eigenvalue weighted by Crippen LogP contribution is 2.47. The van der Waals surface area contributed by atoms with Crippen molar-refractivity contribution in [3.05, 3.63) is 93.3 Å². The smallest absolute Gasteiger partial charge is 0.309 e. The van der Waals surface area contributed by atoms with E-state index >= 15 is 0 Å². The number of alkyl halides is 12. The van der Waals surface area contributed by atoms with Gasteiger partial charge in [-0.3, -0.25) is 10.1 Å². The molecule has 0 N–H and O–H groups in total. The third-order valence-corrected chi connectivity index (χ3v) is 7.16. The molecule has 0 fully saturated rings. The molecule has 0 aliphatic rings. The predicted molar refractivity (Wildman–Crippen MR) is 138 cm³/mol. The predicted octanol–water partition coefficient (Wildman–Crippen LogP) is 9.86. The summed E-state index contributed by atoms with van der Waals surface area (Å²) in [5.74, 6) is 0. The van der Waals surface area contributed by atoms with Gasteiger partial charge in [0.05, 0.1) is 38.1 Å². The van der Waals surface area contributed by atoms with Gasteiger partial charge in [0, 0.05) is 39.4 Å². The first-order chi connectivity index (χ1) is 21.2. The minimum absolute atomic E-state index is 0.0321. The normalized spacial score (nSPS) is 13.4. The average molecular weight is 662 g/mol. The fourth-order valence-electron chi connectivity index (χ4n) is 5.32. The van der Waals surface area contributed by atoms with Crippen LogP contribution in [0.15, 0.2) is 60.7 Å². The number of non-ortho nitro benzene ring substituents is 1. The van der Waals surface area contributed by atoms with Crippen molar-refractivity contribution in [2.45, 2.75) is 24.7 Å². The molecule has 238 valence electrons. The van der Waals surface area contributed by atoms with Crippen molar-refractivity contribution in [2.75, 3.05) is 0 Å². The Morgan fingerprint density at radius 3 is 1.28 bits per heavy atom. The summed E-state index contributed by atoms with van der Waals surface area (Å²) in [7, 11) is 0. The molecule has 6 nitrogen and oxygen atoms in total. The molecule has 6 rings (SSSR count). The quantitative estimate of drug-likeness (QED) is 0.105. The van der Waals surface area contributed by atoms with Crippen molar-refractivity contribution in [1.29, 1.82) is 0 Å². The van der Waals surface area contributed by atoms with Crippen molar-refractivity contribution in [3.63, 3.8) is 0 Å². The van der Waals surface area contributed by atoms with Gasteiger partial charge in [-0.15, -0.1) is 0 Å². The van der Waals surface area contributed by atoms with Crippen LogP contribution in [0.1, 0.15) is 22.5 Å². The summed E-state index contributed by atoms with van der Waals surface area (Å²) in [6.07, 6.45) is -21.7. The molecule has 0 aliphatic carbocycles. The van der Waals surface area contributed by atoms with Crippen LogP contribution in [0, 0.1) is 10.1 Å². The van der Waals surface area contributed by atoms with Gasteiger partial charge >= 0.3 is 24.7 Å². The SMILES string of the molecule is O=[N+]([O-])c1ccc(-n2c3ccc4c(C(F)(F)F)cc(C(F)(F)F)nc4c3c3c4nc(C(F)(F)F)cc(C(F)(F)F)c4ccc32)cc1. The van der Waals surface area contributed by atoms with E-state index in [0.29, 0.717) is 0 Å². The van der Waals surface area contributed by atoms with Crippen molar-refractivity contribution in [1.82, 2.24) is 14.5 Å². The molecule has 0 atom stereocenters. The van der Waals surface area contributed by atoms with Crippen LogP contribution in [-0.4, -0.2) is 19.5 Å². The van der Waals surface area contributed by atoms with Crippen LogP contribution in [0.3, 0.4) is 0 Å². The Hall–Kier alpha value is -5.16. The number of halogens is 12. The number of hydrogen-bond acceptors (Lipinski definition) is 4. The Labute approximate surface area is 245 Å². The summed E-state index contributed by atoms with van der Waals surface area (Å²) in [5, 5.41) is 7.97. The standard InChI is InChI=1S/C28H10F12N4O2/c29-25(30,31)15-9-19(27(35,36)37)41-23-13(15)5-7-17-21(23)22-18(43(17)11-1-3-12(4-2-11)44(45)46)8-6-14-16(26(32,33)34)10-20(28(38,39)40)42-24(14)22/h1-10H. The highest BCUT2D eigenvalue weighted by Gasteiger charge is 2.42. The summed E-state index contributed by atoms with van der Waals surface area (Å²) in [6, 6.07) is 7.13. The fraction of sp³-hybridized carbons (Fsp3) is 0.143. The minimum Gasteiger partial charge on any atom is -0.309 e. The van der Waals surface area contributed by atoms with Crippen molar-refractivity contribution < 1.29 is 57.6 Å². The number of pyridine rings is 2. The molecule has 0 unspecified atom stereocenters. The zero-order valence-electron chi connectivity index (χ0n) is 21.9. The molecule has 3 heterocycles. The van der Waals surface area contributed by atoms with Gasteiger partial charge in [0.1, 0.15) is 11.4 Å². The van der Waals surface area contributed by atoms with E-state index in [1.165, 1.54) is 0 Å². The molecule has 6 aromatic rings. The maximum atomic E-state index is 14.1. The Morgan fingerprint density at radius 2 is 0.957 bits per heavy atom. The summed E-state index contributed by atoms with van der Waals surface area (Å²) in [4.78, 5) is 17.2. The molecule has 0 saturated heterocycles. The van der Waals surface area contributed by atoms with Crippen LogP contribution in [0.4, 0.5) is 58.4 Å². The highest BCUT2D eigenvalue weighted by molar-refractivity contribution is 6.27. The second-order valence-corrected chi connectivity index (χ2v) is 9.92. The second-order valence-electron chi connectivity index (χ2n) is 9.92. The number of nitrogens with zero attached hydrogens (tertiary/aromatic N) is 4. The van der Waals surface area contributed by atoms with Crippen LogP contribution in [0.25, 0.3) is 49.3 Å². The van der Waals surface area contributed by atoms with Crippen molar-refractivity contribution >= 4 is 49.3 Å². The molecular weight excluding hydrogens is 652 g/mol. The number of benzene rings is 3. The largest absolute Gasteiger partial charge is 0.433 e. The summed E-state index contributed by atoms with van der Waals surface area (Å²) < 4.78 is 169. The van der Waals surface area contributed by atoms with Crippen LogP contribution >= 0.6 is 0 Å². The van der Waals surface area contributed by atoms with Crippen LogP contribution in [0.2, 0.25) is 0 Å². The highest BCUT2D eigenvalue weighted by atomic mass is 19.4. The molecule has 46 heavy (non-hydrogen) atoms. The first kappa shape index (κ1) is 30.8. The van der Waals surface area contributed by atoms with Gasteiger partial charge in [0.25, 0.3) is 5.69 Å². The van der Waals surface area contributed by atoms with Gasteiger partial charge < -0.3 is 4.57 Å². The number of hydrogen-bond donors (Lipinski definition) is 0. The Balaban J connectivity index is 1.93. The van der Waals surface area contributed by atoms with E-state index in [4.69, 9.17) is 0 Å². The maximum Gasteiger partial charge on any atom is 0.433 e. The topological polar surface area (TPSA) is 73.8 Å². The van der Waals surface area contributed by atoms with Gasteiger partial charge in [-0.2, -0.15) is 52.7 Å². The van der Waals surface area contributed by atoms with Gasteiger partial charge in [-0.05, 0) is 36.4 Å². The third kappa shape index (κ3) is 4.87. The van der Waals surface area contributed by atoms with E-state index < -0.39 is 90.4 Å². The molecule has 0 amide bonds. The van der Waals surface area contributed by atoms with Crippen molar-refractivity contribution in [3.8, 4) is 5.69 Å². The third-order valence-electron chi connectivity index (χ3n) is 7.16. The lowest BCUT2D eigenvalue weighted by atomic mass is 9.99. The molecule has 0 saturated carbocycles. The molecule has 3 aromatic carbocycles. The molecule has 0 radical (unpaired) electrons. The molecule has 0 spiro atoms. The number of aromatic nitrogens is 3. The number of rotatable bonds is 2. The Morgan fingerprint density at radius 1 is 0.565 bits per heavy atom. The number of fused-ring (bicyclic) bond motifs is 7. The zero-order valence-corrected chi connectivity index (χ0v) is 21.9. The van der Waals surface area contributed by atoms with Crippen LogP contribution in [-0.2, 0) is 24.7 Å². The monoisotopic (exact) mass is 662 g/mol. The zero-order chi connectivity index (χ0) is 33.7. The maximum absolute atomic E-state index is 14.1. The average Bonchev–Trinajstić information content (AvgIpc) is 3.29. The Kier molecular flexibility index (Phi) is 6.48. The summed E-state index contributed by atoms with van der Waals surface area (Å²) in [5.41, 5.74) is -10.8. The van der Waals surface area contributed by atoms with E-state index in [2.05, 4.69) is 9.97 Å². The van der Waals surface area contributed by atoms with Crippen LogP contribution in [0.5, 0.6) is 0 Å². The van der Waals surface area contributed by atoms with Gasteiger partial charge in [0.2, 0.25) is 0 Å². The fourth-order valence-corrected chi connectivity index (χ4v) is 5.32. The van der Waals surface area contributed by atoms with E-state index in [0.717, 1.165) is 53.1 Å². The van der Waals surface area contributed by atoms with Crippen molar-refractivity contribution in [2.24, 2.45) is 0 Å². The van der Waals surface area contributed by atoms with Gasteiger partial charge in [0.15, 0.2) is 0 Å². The summed E-state index contributed by atoms with van der Waals surface area (Å²) >= 11 is 0. The minimum atomic E-state index is -5.46. The van der Waals surface area contributed by atoms with E-state index in [-0.39, 0.29) is 28.9 Å². The van der Waals surface area contributed by atoms with E-state index in [9.17, 15) is 62.8 Å². The Bertz CT molecular complexity index is 2100. The second kappa shape index (κ2) is 9.67. The molecule has 3 aromatic heterocycles. The first-order valence-electron chi connectivity index (χ1n) is 12.5. The molecule has 0 bridgehead atoms. The molecule has 18 heteroatoms. The van der Waals surface area contributed by atoms with Gasteiger partial charge in [-0.1, -0.05) is 12.1 Å². The number of nitro benzene ring substituents is 1.